The molecule has 4 heteroatoms. The van der Waals surface area contributed by atoms with Crippen molar-refractivity contribution in [2.75, 3.05) is 0 Å². The van der Waals surface area contributed by atoms with Gasteiger partial charge in [0.2, 0.25) is 0 Å². The van der Waals surface area contributed by atoms with Gasteiger partial charge in [0.15, 0.2) is 5.65 Å². The summed E-state index contributed by atoms with van der Waals surface area (Å²) in [5.41, 5.74) is 4.68. The number of aromatic nitrogens is 3. The summed E-state index contributed by atoms with van der Waals surface area (Å²) in [7, 11) is 0. The molecule has 29 heavy (non-hydrogen) atoms. The Kier molecular flexibility index (Phi) is 4.30. The molecule has 0 aliphatic carbocycles. The minimum Gasteiger partial charge on any atom is -0.294 e. The van der Waals surface area contributed by atoms with E-state index < -0.39 is 0 Å². The van der Waals surface area contributed by atoms with E-state index in [1.165, 1.54) is 0 Å². The van der Waals surface area contributed by atoms with Crippen molar-refractivity contribution in [2.24, 2.45) is 0 Å². The van der Waals surface area contributed by atoms with Crippen LogP contribution in [0.25, 0.3) is 28.0 Å². The van der Waals surface area contributed by atoms with Crippen molar-refractivity contribution >= 4 is 11.0 Å². The molecule has 0 unspecified atom stereocenters. The first-order valence-corrected chi connectivity index (χ1v) is 9.57. The smallest absolute Gasteiger partial charge is 0.263 e. The fraction of sp³-hybridized carbons (Fsp3) is 0.0400. The van der Waals surface area contributed by atoms with E-state index in [1.54, 1.807) is 10.9 Å². The van der Waals surface area contributed by atoms with Gasteiger partial charge in [0, 0.05) is 5.69 Å². The van der Waals surface area contributed by atoms with E-state index in [-0.39, 0.29) is 5.56 Å². The second-order valence-electron chi connectivity index (χ2n) is 6.97. The third kappa shape index (κ3) is 3.15. The average Bonchev–Trinajstić information content (AvgIpc) is 3.18. The quantitative estimate of drug-likeness (QED) is 0.447. The fourth-order valence-corrected chi connectivity index (χ4v) is 3.67. The van der Waals surface area contributed by atoms with Crippen LogP contribution in [-0.4, -0.2) is 14.1 Å². The van der Waals surface area contributed by atoms with Gasteiger partial charge in [-0.25, -0.2) is 4.98 Å². The van der Waals surface area contributed by atoms with E-state index >= 15 is 0 Å². The molecule has 0 aliphatic rings. The number of benzene rings is 3. The van der Waals surface area contributed by atoms with Gasteiger partial charge in [-0.05, 0) is 29.3 Å². The lowest BCUT2D eigenvalue weighted by Crippen LogP contribution is -2.21. The minimum atomic E-state index is -0.0364. The van der Waals surface area contributed by atoms with Crippen LogP contribution in [-0.2, 0) is 6.54 Å². The summed E-state index contributed by atoms with van der Waals surface area (Å²) in [5, 5.41) is 0.617. The van der Waals surface area contributed by atoms with Crippen molar-refractivity contribution in [3.05, 3.63) is 119 Å². The van der Waals surface area contributed by atoms with Crippen LogP contribution >= 0.6 is 0 Å². The van der Waals surface area contributed by atoms with Crippen LogP contribution in [0, 0.1) is 0 Å². The first kappa shape index (κ1) is 17.2. The van der Waals surface area contributed by atoms with Gasteiger partial charge in [-0.2, -0.15) is 0 Å². The molecule has 0 radical (unpaired) electrons. The van der Waals surface area contributed by atoms with Crippen LogP contribution < -0.4 is 5.56 Å². The highest BCUT2D eigenvalue weighted by Crippen LogP contribution is 2.29. The molecule has 5 aromatic rings. The molecule has 4 nitrogen and oxygen atoms in total. The molecule has 0 amide bonds. The Labute approximate surface area is 168 Å². The fourth-order valence-electron chi connectivity index (χ4n) is 3.67. The van der Waals surface area contributed by atoms with Crippen LogP contribution in [0.1, 0.15) is 5.56 Å². The summed E-state index contributed by atoms with van der Waals surface area (Å²) in [6.45, 7) is 0.500. The lowest BCUT2D eigenvalue weighted by atomic mass is 10.1. The van der Waals surface area contributed by atoms with Crippen LogP contribution in [0.4, 0.5) is 0 Å². The summed E-state index contributed by atoms with van der Waals surface area (Å²) >= 11 is 0. The highest BCUT2D eigenvalue weighted by molar-refractivity contribution is 5.85. The minimum absolute atomic E-state index is 0.0364. The zero-order valence-electron chi connectivity index (χ0n) is 15.8. The van der Waals surface area contributed by atoms with E-state index in [9.17, 15) is 4.79 Å². The van der Waals surface area contributed by atoms with Gasteiger partial charge in [-0.3, -0.25) is 13.9 Å². The largest absolute Gasteiger partial charge is 0.294 e. The normalized spacial score (nSPS) is 11.0. The van der Waals surface area contributed by atoms with Gasteiger partial charge >= 0.3 is 0 Å². The van der Waals surface area contributed by atoms with Gasteiger partial charge in [0.1, 0.15) is 6.33 Å². The lowest BCUT2D eigenvalue weighted by Gasteiger charge is -2.11. The second kappa shape index (κ2) is 7.24. The predicted molar refractivity (Wildman–Crippen MR) is 116 cm³/mol. The molecular weight excluding hydrogens is 358 g/mol. The third-order valence-corrected chi connectivity index (χ3v) is 5.07. The van der Waals surface area contributed by atoms with E-state index in [0.29, 0.717) is 17.6 Å². The molecule has 0 aliphatic heterocycles. The van der Waals surface area contributed by atoms with E-state index in [0.717, 1.165) is 22.5 Å². The maximum Gasteiger partial charge on any atom is 0.263 e. The molecule has 0 fully saturated rings. The van der Waals surface area contributed by atoms with Crippen LogP contribution in [0.15, 0.2) is 108 Å². The molecule has 5 rings (SSSR count). The summed E-state index contributed by atoms with van der Waals surface area (Å²) < 4.78 is 3.72. The molecular formula is C25H19N3O. The highest BCUT2D eigenvalue weighted by atomic mass is 16.1. The Bertz CT molecular complexity index is 1320. The van der Waals surface area contributed by atoms with Crippen LogP contribution in [0.3, 0.4) is 0 Å². The number of hydrogen-bond donors (Lipinski definition) is 0. The van der Waals surface area contributed by atoms with Gasteiger partial charge in [-0.1, -0.05) is 78.9 Å². The number of rotatable bonds is 4. The van der Waals surface area contributed by atoms with Gasteiger partial charge < -0.3 is 0 Å². The Balaban J connectivity index is 1.74. The van der Waals surface area contributed by atoms with E-state index in [1.807, 2.05) is 84.9 Å². The molecule has 140 valence electrons. The molecule has 2 heterocycles. The first-order chi connectivity index (χ1) is 14.3. The molecule has 0 bridgehead atoms. The molecule has 0 saturated carbocycles. The summed E-state index contributed by atoms with van der Waals surface area (Å²) in [6, 6.07) is 32.0. The number of hydrogen-bond acceptors (Lipinski definition) is 2. The topological polar surface area (TPSA) is 39.8 Å². The van der Waals surface area contributed by atoms with E-state index in [4.69, 9.17) is 0 Å². The van der Waals surface area contributed by atoms with Gasteiger partial charge in [0.05, 0.1) is 17.6 Å². The van der Waals surface area contributed by atoms with Crippen molar-refractivity contribution < 1.29 is 0 Å². The Morgan fingerprint density at radius 1 is 0.759 bits per heavy atom. The highest BCUT2D eigenvalue weighted by Gasteiger charge is 2.16. The van der Waals surface area contributed by atoms with Crippen molar-refractivity contribution in [2.45, 2.75) is 6.54 Å². The van der Waals surface area contributed by atoms with Gasteiger partial charge in [0.25, 0.3) is 5.56 Å². The SMILES string of the molecule is O=c1c2cc(-c3ccccc3)n(-c3ccccc3)c2ncn1Cc1ccccc1. The molecule has 0 N–H and O–H groups in total. The third-order valence-electron chi connectivity index (χ3n) is 5.07. The van der Waals surface area contributed by atoms with Crippen molar-refractivity contribution in [3.63, 3.8) is 0 Å². The van der Waals surface area contributed by atoms with E-state index in [2.05, 4.69) is 21.7 Å². The molecule has 0 spiro atoms. The Hall–Kier alpha value is -3.92. The first-order valence-electron chi connectivity index (χ1n) is 9.57. The predicted octanol–water partition coefficient (Wildman–Crippen LogP) is 4.90. The summed E-state index contributed by atoms with van der Waals surface area (Å²) in [6.07, 6.45) is 1.64. The maximum absolute atomic E-state index is 13.3. The van der Waals surface area contributed by atoms with Crippen LogP contribution in [0.5, 0.6) is 0 Å². The number of nitrogens with zero attached hydrogens (tertiary/aromatic N) is 3. The van der Waals surface area contributed by atoms with Crippen molar-refractivity contribution in [1.82, 2.24) is 14.1 Å². The van der Waals surface area contributed by atoms with Crippen molar-refractivity contribution in [3.8, 4) is 16.9 Å². The Morgan fingerprint density at radius 3 is 2.07 bits per heavy atom. The summed E-state index contributed by atoms with van der Waals surface area (Å²) in [5.74, 6) is 0. The molecule has 2 aromatic heterocycles. The zero-order valence-corrected chi connectivity index (χ0v) is 15.8. The monoisotopic (exact) mass is 377 g/mol. The lowest BCUT2D eigenvalue weighted by molar-refractivity contribution is 0.746. The molecule has 0 atom stereocenters. The summed E-state index contributed by atoms with van der Waals surface area (Å²) in [4.78, 5) is 18.0. The zero-order chi connectivity index (χ0) is 19.6. The number of fused-ring (bicyclic) bond motifs is 1. The van der Waals surface area contributed by atoms with Crippen molar-refractivity contribution in [1.29, 1.82) is 0 Å². The Morgan fingerprint density at radius 2 is 1.38 bits per heavy atom. The average molecular weight is 377 g/mol. The van der Waals surface area contributed by atoms with Crippen LogP contribution in [0.2, 0.25) is 0 Å². The van der Waals surface area contributed by atoms with Gasteiger partial charge in [-0.15, -0.1) is 0 Å². The number of para-hydroxylation sites is 1. The standard InChI is InChI=1S/C25H19N3O/c29-25-22-16-23(20-12-6-2-7-13-20)28(21-14-8-3-9-15-21)24(22)26-18-27(25)17-19-10-4-1-5-11-19/h1-16,18H,17H2. The molecule has 3 aromatic carbocycles. The molecule has 0 saturated heterocycles. The maximum atomic E-state index is 13.3. The second-order valence-corrected chi connectivity index (χ2v) is 6.97.